The van der Waals surface area contributed by atoms with Gasteiger partial charge in [-0.1, -0.05) is 6.08 Å². The fraction of sp³-hybridized carbons (Fsp3) is 0.538. The zero-order valence-corrected chi connectivity index (χ0v) is 10.6. The van der Waals surface area contributed by atoms with E-state index in [9.17, 15) is 19.2 Å². The summed E-state index contributed by atoms with van der Waals surface area (Å²) < 4.78 is 0. The van der Waals surface area contributed by atoms with Gasteiger partial charge in [-0.2, -0.15) is 0 Å². The smallest absolute Gasteiger partial charge is 0.253 e. The Morgan fingerprint density at radius 2 is 1.79 bits per heavy atom. The molecule has 6 nitrogen and oxygen atoms in total. The van der Waals surface area contributed by atoms with Crippen LogP contribution in [0.15, 0.2) is 12.7 Å². The predicted octanol–water partition coefficient (Wildman–Crippen LogP) is 0.277. The van der Waals surface area contributed by atoms with E-state index in [1.165, 1.54) is 6.08 Å². The van der Waals surface area contributed by atoms with Crippen molar-refractivity contribution in [2.45, 2.75) is 44.1 Å². The van der Waals surface area contributed by atoms with Gasteiger partial charge < -0.3 is 0 Å². The van der Waals surface area contributed by atoms with E-state index in [1.807, 2.05) is 0 Å². The maximum Gasteiger partial charge on any atom is 0.253 e. The van der Waals surface area contributed by atoms with Gasteiger partial charge in [-0.05, 0) is 19.3 Å². The molecular formula is C13H16N2O4. The van der Waals surface area contributed by atoms with Crippen LogP contribution in [0.25, 0.3) is 0 Å². The second-order valence-corrected chi connectivity index (χ2v) is 4.88. The molecule has 4 amide bonds. The third kappa shape index (κ3) is 2.18. The number of likely N-dealkylation sites (tertiary alicyclic amines) is 1. The second kappa shape index (κ2) is 4.95. The van der Waals surface area contributed by atoms with E-state index in [0.717, 1.165) is 4.90 Å². The van der Waals surface area contributed by atoms with Crippen molar-refractivity contribution in [2.75, 3.05) is 0 Å². The predicted molar refractivity (Wildman–Crippen MR) is 65.6 cm³/mol. The van der Waals surface area contributed by atoms with E-state index in [0.29, 0.717) is 6.42 Å². The molecule has 2 saturated heterocycles. The molecule has 2 aliphatic heterocycles. The third-order valence-electron chi connectivity index (χ3n) is 3.63. The van der Waals surface area contributed by atoms with Crippen LogP contribution in [-0.4, -0.2) is 34.1 Å². The minimum absolute atomic E-state index is 0.122. The number of amides is 4. The Morgan fingerprint density at radius 1 is 1.16 bits per heavy atom. The number of hydrogen-bond donors (Lipinski definition) is 1. The summed E-state index contributed by atoms with van der Waals surface area (Å²) in [5.41, 5.74) is -1.27. The van der Waals surface area contributed by atoms with Gasteiger partial charge in [0.05, 0.1) is 0 Å². The molecule has 1 atom stereocenters. The number of carbonyl (C=O) groups excluding carboxylic acids is 4. The molecule has 0 aromatic heterocycles. The van der Waals surface area contributed by atoms with Crippen molar-refractivity contribution < 1.29 is 19.2 Å². The Bertz CT molecular complexity index is 455. The molecule has 1 N–H and O–H groups in total. The molecule has 0 saturated carbocycles. The van der Waals surface area contributed by atoms with Crippen LogP contribution < -0.4 is 5.32 Å². The Labute approximate surface area is 110 Å². The molecule has 1 unspecified atom stereocenters. The highest BCUT2D eigenvalue weighted by atomic mass is 16.2. The number of carbonyl (C=O) groups is 4. The Morgan fingerprint density at radius 3 is 2.32 bits per heavy atom. The molecule has 6 heteroatoms. The van der Waals surface area contributed by atoms with Crippen LogP contribution in [0.2, 0.25) is 0 Å². The second-order valence-electron chi connectivity index (χ2n) is 4.88. The van der Waals surface area contributed by atoms with Crippen LogP contribution in [0.5, 0.6) is 0 Å². The number of nitrogens with zero attached hydrogens (tertiary/aromatic N) is 1. The normalized spacial score (nSPS) is 28.3. The lowest BCUT2D eigenvalue weighted by Crippen LogP contribution is -2.66. The Kier molecular flexibility index (Phi) is 3.50. The van der Waals surface area contributed by atoms with Crippen molar-refractivity contribution in [3.05, 3.63) is 12.7 Å². The van der Waals surface area contributed by atoms with Gasteiger partial charge in [-0.25, -0.2) is 0 Å². The first-order chi connectivity index (χ1) is 9.01. The van der Waals surface area contributed by atoms with Crippen molar-refractivity contribution in [2.24, 2.45) is 0 Å². The van der Waals surface area contributed by atoms with E-state index < -0.39 is 11.4 Å². The summed E-state index contributed by atoms with van der Waals surface area (Å²) in [6, 6.07) is 0. The average Bonchev–Trinajstić information content (AvgIpc) is 2.34. The minimum Gasteiger partial charge on any atom is -0.294 e. The monoisotopic (exact) mass is 264 g/mol. The first-order valence-electron chi connectivity index (χ1n) is 6.32. The third-order valence-corrected chi connectivity index (χ3v) is 3.63. The van der Waals surface area contributed by atoms with Gasteiger partial charge in [0, 0.05) is 19.3 Å². The average molecular weight is 264 g/mol. The van der Waals surface area contributed by atoms with Crippen molar-refractivity contribution >= 4 is 23.6 Å². The number of hydrogen-bond acceptors (Lipinski definition) is 4. The Hall–Kier alpha value is -1.98. The molecule has 0 radical (unpaired) electrons. The van der Waals surface area contributed by atoms with E-state index in [1.54, 1.807) is 0 Å². The van der Waals surface area contributed by atoms with Gasteiger partial charge in [-0.3, -0.25) is 29.4 Å². The molecule has 0 spiro atoms. The van der Waals surface area contributed by atoms with Gasteiger partial charge in [0.1, 0.15) is 5.54 Å². The first-order valence-corrected chi connectivity index (χ1v) is 6.32. The number of nitrogens with one attached hydrogen (secondary N) is 1. The molecule has 2 aliphatic rings. The van der Waals surface area contributed by atoms with Crippen LogP contribution in [0.3, 0.4) is 0 Å². The molecule has 2 heterocycles. The number of rotatable bonds is 3. The van der Waals surface area contributed by atoms with Crippen molar-refractivity contribution in [3.8, 4) is 0 Å². The molecule has 19 heavy (non-hydrogen) atoms. The lowest BCUT2D eigenvalue weighted by atomic mass is 9.82. The van der Waals surface area contributed by atoms with Gasteiger partial charge in [0.15, 0.2) is 0 Å². The standard InChI is InChI=1S/C13H16N2O4/c1-2-7-13(8-6-9(16)14-12(13)19)15-10(17)4-3-5-11(15)18/h2H,1,3-8H2,(H,14,16,19). The first kappa shape index (κ1) is 13.5. The summed E-state index contributed by atoms with van der Waals surface area (Å²) in [5, 5.41) is 2.22. The highest BCUT2D eigenvalue weighted by Crippen LogP contribution is 2.33. The van der Waals surface area contributed by atoms with Crippen molar-refractivity contribution in [3.63, 3.8) is 0 Å². The highest BCUT2D eigenvalue weighted by molar-refractivity contribution is 6.09. The zero-order valence-electron chi connectivity index (χ0n) is 10.6. The summed E-state index contributed by atoms with van der Waals surface area (Å²) in [5.74, 6) is -1.64. The molecule has 0 bridgehead atoms. The fourth-order valence-electron chi connectivity index (χ4n) is 2.71. The Balaban J connectivity index is 2.40. The summed E-state index contributed by atoms with van der Waals surface area (Å²) >= 11 is 0. The SMILES string of the molecule is C=CCC1(N2C(=O)CCCC2=O)CCC(=O)NC1=O. The maximum atomic E-state index is 12.2. The molecule has 2 rings (SSSR count). The van der Waals surface area contributed by atoms with Gasteiger partial charge in [0.25, 0.3) is 5.91 Å². The van der Waals surface area contributed by atoms with E-state index in [-0.39, 0.29) is 49.8 Å². The molecule has 0 aromatic rings. The number of piperidine rings is 2. The topological polar surface area (TPSA) is 83.6 Å². The number of imide groups is 2. The lowest BCUT2D eigenvalue weighted by Gasteiger charge is -2.44. The largest absolute Gasteiger partial charge is 0.294 e. The minimum atomic E-state index is -1.27. The van der Waals surface area contributed by atoms with Crippen molar-refractivity contribution in [1.82, 2.24) is 10.2 Å². The molecule has 2 fully saturated rings. The van der Waals surface area contributed by atoms with Gasteiger partial charge >= 0.3 is 0 Å². The molecular weight excluding hydrogens is 248 g/mol. The van der Waals surface area contributed by atoms with Crippen LogP contribution >= 0.6 is 0 Å². The van der Waals surface area contributed by atoms with Crippen LogP contribution in [-0.2, 0) is 19.2 Å². The van der Waals surface area contributed by atoms with Crippen LogP contribution in [0, 0.1) is 0 Å². The van der Waals surface area contributed by atoms with Gasteiger partial charge in [-0.15, -0.1) is 6.58 Å². The van der Waals surface area contributed by atoms with E-state index >= 15 is 0 Å². The fourth-order valence-corrected chi connectivity index (χ4v) is 2.71. The zero-order chi connectivity index (χ0) is 14.0. The summed E-state index contributed by atoms with van der Waals surface area (Å²) in [6.07, 6.45) is 2.99. The summed E-state index contributed by atoms with van der Waals surface area (Å²) in [4.78, 5) is 48.5. The quantitative estimate of drug-likeness (QED) is 0.586. The lowest BCUT2D eigenvalue weighted by molar-refractivity contribution is -0.165. The van der Waals surface area contributed by atoms with Crippen LogP contribution in [0.1, 0.15) is 38.5 Å². The van der Waals surface area contributed by atoms with Gasteiger partial charge in [0.2, 0.25) is 17.7 Å². The van der Waals surface area contributed by atoms with E-state index in [4.69, 9.17) is 0 Å². The van der Waals surface area contributed by atoms with Crippen molar-refractivity contribution in [1.29, 1.82) is 0 Å². The molecule has 102 valence electrons. The maximum absolute atomic E-state index is 12.2. The molecule has 0 aromatic carbocycles. The van der Waals surface area contributed by atoms with Crippen LogP contribution in [0.4, 0.5) is 0 Å². The highest BCUT2D eigenvalue weighted by Gasteiger charge is 2.51. The summed E-state index contributed by atoms with van der Waals surface area (Å²) in [6.45, 7) is 3.58. The van der Waals surface area contributed by atoms with E-state index in [2.05, 4.69) is 11.9 Å². The summed E-state index contributed by atoms with van der Waals surface area (Å²) in [7, 11) is 0. The molecule has 0 aliphatic carbocycles.